The Bertz CT molecular complexity index is 528. The third kappa shape index (κ3) is 3.40. The van der Waals surface area contributed by atoms with Gasteiger partial charge in [-0.05, 0) is 47.9 Å². The predicted octanol–water partition coefficient (Wildman–Crippen LogP) is 1.33. The summed E-state index contributed by atoms with van der Waals surface area (Å²) >= 11 is 0. The average Bonchev–Trinajstić information content (AvgIpc) is 3.00. The second kappa shape index (κ2) is 6.58. The van der Waals surface area contributed by atoms with Gasteiger partial charge in [-0.3, -0.25) is 0 Å². The average molecular weight is 275 g/mol. The number of aliphatic hydroxyl groups is 1. The van der Waals surface area contributed by atoms with Crippen LogP contribution in [-0.4, -0.2) is 38.0 Å². The molecule has 0 amide bonds. The quantitative estimate of drug-likeness (QED) is 0.832. The van der Waals surface area contributed by atoms with Crippen molar-refractivity contribution in [2.75, 3.05) is 6.61 Å². The summed E-state index contributed by atoms with van der Waals surface area (Å²) in [6.45, 7) is 6.41. The van der Waals surface area contributed by atoms with E-state index >= 15 is 0 Å². The molecule has 3 atom stereocenters. The number of nitrogens with zero attached hydrogens (tertiary/aromatic N) is 4. The molecule has 2 aromatic rings. The summed E-state index contributed by atoms with van der Waals surface area (Å²) in [4.78, 5) is 0. The molecule has 0 spiro atoms. The maximum absolute atomic E-state index is 9.19. The molecule has 0 aliphatic rings. The van der Waals surface area contributed by atoms with Crippen LogP contribution in [0.3, 0.4) is 0 Å². The lowest BCUT2D eigenvalue weighted by Crippen LogP contribution is -2.35. The Hall–Kier alpha value is -1.79. The van der Waals surface area contributed by atoms with E-state index < -0.39 is 0 Å². The molecule has 0 radical (unpaired) electrons. The van der Waals surface area contributed by atoms with Gasteiger partial charge in [-0.1, -0.05) is 19.1 Å². The Kier molecular flexibility index (Phi) is 4.81. The van der Waals surface area contributed by atoms with E-state index in [2.05, 4.69) is 46.8 Å². The highest BCUT2D eigenvalue weighted by Crippen LogP contribution is 2.18. The fourth-order valence-corrected chi connectivity index (χ4v) is 2.03. The molecule has 0 aliphatic heterocycles. The smallest absolute Gasteiger partial charge is 0.143 e. The van der Waals surface area contributed by atoms with Crippen molar-refractivity contribution < 1.29 is 5.11 Å². The molecule has 20 heavy (non-hydrogen) atoms. The molecule has 108 valence electrons. The van der Waals surface area contributed by atoms with Gasteiger partial charge in [0, 0.05) is 18.7 Å². The zero-order chi connectivity index (χ0) is 14.5. The van der Waals surface area contributed by atoms with E-state index in [1.54, 1.807) is 11.0 Å². The van der Waals surface area contributed by atoms with Crippen LogP contribution in [0.2, 0.25) is 0 Å². The largest absolute Gasteiger partial charge is 0.396 e. The van der Waals surface area contributed by atoms with Gasteiger partial charge < -0.3 is 10.4 Å². The van der Waals surface area contributed by atoms with E-state index in [1.165, 1.54) is 0 Å². The van der Waals surface area contributed by atoms with Crippen LogP contribution in [-0.2, 0) is 0 Å². The molecule has 0 fully saturated rings. The van der Waals surface area contributed by atoms with Gasteiger partial charge in [0.05, 0.1) is 5.69 Å². The van der Waals surface area contributed by atoms with Crippen molar-refractivity contribution in [1.82, 2.24) is 25.5 Å². The number of hydrogen-bond acceptors (Lipinski definition) is 5. The van der Waals surface area contributed by atoms with Gasteiger partial charge in [0.25, 0.3) is 0 Å². The molecule has 1 aromatic heterocycles. The number of aromatic nitrogens is 4. The van der Waals surface area contributed by atoms with Gasteiger partial charge >= 0.3 is 0 Å². The molecule has 0 bridgehead atoms. The summed E-state index contributed by atoms with van der Waals surface area (Å²) in [6.07, 6.45) is 1.58. The van der Waals surface area contributed by atoms with Gasteiger partial charge in [-0.15, -0.1) is 5.10 Å². The maximum Gasteiger partial charge on any atom is 0.143 e. The third-order valence-electron chi connectivity index (χ3n) is 3.64. The monoisotopic (exact) mass is 275 g/mol. The normalized spacial score (nSPS) is 15.8. The Morgan fingerprint density at radius 3 is 2.75 bits per heavy atom. The summed E-state index contributed by atoms with van der Waals surface area (Å²) < 4.78 is 1.63. The van der Waals surface area contributed by atoms with Crippen molar-refractivity contribution in [3.05, 3.63) is 36.2 Å². The molecular weight excluding hydrogens is 254 g/mol. The maximum atomic E-state index is 9.19. The van der Waals surface area contributed by atoms with Crippen LogP contribution in [0.1, 0.15) is 32.4 Å². The second-order valence-electron chi connectivity index (χ2n) is 5.19. The highest BCUT2D eigenvalue weighted by Gasteiger charge is 2.15. The van der Waals surface area contributed by atoms with Gasteiger partial charge in [0.1, 0.15) is 6.33 Å². The van der Waals surface area contributed by atoms with Crippen LogP contribution < -0.4 is 5.32 Å². The Morgan fingerprint density at radius 1 is 1.30 bits per heavy atom. The van der Waals surface area contributed by atoms with E-state index in [0.29, 0.717) is 0 Å². The van der Waals surface area contributed by atoms with Crippen molar-refractivity contribution in [3.63, 3.8) is 0 Å². The van der Waals surface area contributed by atoms with Crippen LogP contribution in [0, 0.1) is 5.92 Å². The lowest BCUT2D eigenvalue weighted by atomic mass is 10.0. The fraction of sp³-hybridized carbons (Fsp3) is 0.500. The zero-order valence-corrected chi connectivity index (χ0v) is 12.1. The molecule has 0 saturated carbocycles. The van der Waals surface area contributed by atoms with Gasteiger partial charge in [-0.2, -0.15) is 0 Å². The van der Waals surface area contributed by atoms with Crippen molar-refractivity contribution in [1.29, 1.82) is 0 Å². The first-order valence-corrected chi connectivity index (χ1v) is 6.82. The van der Waals surface area contributed by atoms with Gasteiger partial charge in [0.2, 0.25) is 0 Å². The number of benzene rings is 1. The Morgan fingerprint density at radius 2 is 2.10 bits per heavy atom. The topological polar surface area (TPSA) is 75.9 Å². The molecule has 0 aliphatic carbocycles. The number of hydrogen-bond donors (Lipinski definition) is 2. The van der Waals surface area contributed by atoms with Crippen LogP contribution in [0.15, 0.2) is 30.6 Å². The highest BCUT2D eigenvalue weighted by atomic mass is 16.3. The Labute approximate surface area is 118 Å². The van der Waals surface area contributed by atoms with E-state index in [9.17, 15) is 5.11 Å². The van der Waals surface area contributed by atoms with E-state index in [0.717, 1.165) is 11.3 Å². The summed E-state index contributed by atoms with van der Waals surface area (Å²) in [7, 11) is 0. The van der Waals surface area contributed by atoms with E-state index in [1.807, 2.05) is 19.1 Å². The lowest BCUT2D eigenvalue weighted by Gasteiger charge is -2.24. The first-order chi connectivity index (χ1) is 9.61. The number of tetrazole rings is 1. The van der Waals surface area contributed by atoms with E-state index in [4.69, 9.17) is 0 Å². The van der Waals surface area contributed by atoms with E-state index in [-0.39, 0.29) is 24.6 Å². The Balaban J connectivity index is 2.11. The summed E-state index contributed by atoms with van der Waals surface area (Å²) in [5.74, 6) is 0.222. The molecule has 2 N–H and O–H groups in total. The highest BCUT2D eigenvalue weighted by molar-refractivity contribution is 5.35. The van der Waals surface area contributed by atoms with Crippen molar-refractivity contribution in [2.45, 2.75) is 32.9 Å². The van der Waals surface area contributed by atoms with Crippen LogP contribution in [0.25, 0.3) is 5.69 Å². The van der Waals surface area contributed by atoms with Gasteiger partial charge in [-0.25, -0.2) is 4.68 Å². The van der Waals surface area contributed by atoms with Crippen LogP contribution in [0.5, 0.6) is 0 Å². The minimum atomic E-state index is 0.186. The van der Waals surface area contributed by atoms with Crippen molar-refractivity contribution in [3.8, 4) is 5.69 Å². The third-order valence-corrected chi connectivity index (χ3v) is 3.64. The van der Waals surface area contributed by atoms with Crippen molar-refractivity contribution >= 4 is 0 Å². The first kappa shape index (κ1) is 14.6. The number of aliphatic hydroxyl groups excluding tert-OH is 1. The number of nitrogens with one attached hydrogen (secondary N) is 1. The molecule has 6 nitrogen and oxygen atoms in total. The standard InChI is InChI=1S/C14H21N5O/c1-10(8-20)11(2)16-12(3)13-5-4-6-14(7-13)19-9-15-17-18-19/h4-7,9-12,16,20H,8H2,1-3H3. The molecule has 2 rings (SSSR count). The van der Waals surface area contributed by atoms with Gasteiger partial charge in [0.15, 0.2) is 0 Å². The lowest BCUT2D eigenvalue weighted by molar-refractivity contribution is 0.202. The summed E-state index contributed by atoms with van der Waals surface area (Å²) in [6, 6.07) is 8.52. The molecule has 6 heteroatoms. The minimum absolute atomic E-state index is 0.186. The summed E-state index contributed by atoms with van der Waals surface area (Å²) in [5, 5.41) is 23.9. The fourth-order valence-electron chi connectivity index (χ4n) is 2.03. The second-order valence-corrected chi connectivity index (χ2v) is 5.19. The SMILES string of the molecule is CC(NC(C)C(C)CO)c1cccc(-n2cnnn2)c1. The van der Waals surface area contributed by atoms with Crippen LogP contribution >= 0.6 is 0 Å². The first-order valence-electron chi connectivity index (χ1n) is 6.82. The van der Waals surface area contributed by atoms with Crippen LogP contribution in [0.4, 0.5) is 0 Å². The number of rotatable bonds is 6. The predicted molar refractivity (Wildman–Crippen MR) is 76.4 cm³/mol. The molecular formula is C14H21N5O. The minimum Gasteiger partial charge on any atom is -0.396 e. The molecule has 1 aromatic carbocycles. The molecule has 0 saturated heterocycles. The summed E-state index contributed by atoms with van der Waals surface area (Å²) in [5.41, 5.74) is 2.10. The zero-order valence-electron chi connectivity index (χ0n) is 12.1. The molecule has 3 unspecified atom stereocenters. The molecule has 1 heterocycles. The van der Waals surface area contributed by atoms with Crippen molar-refractivity contribution in [2.24, 2.45) is 5.92 Å².